The first-order chi connectivity index (χ1) is 10.8. The number of likely N-dealkylation sites (N-methyl/N-ethyl adjacent to an activating group) is 2. The number of nitro benzene ring substituents is 1. The molecule has 1 aromatic rings. The second-order valence-electron chi connectivity index (χ2n) is 5.32. The SMILES string of the molecule is CN1C(=O)N(C)C2(C=Cc3cc([N+](=O)[O-])ccc3O2)N(C)C1=O. The lowest BCUT2D eigenvalue weighted by Gasteiger charge is -2.51. The lowest BCUT2D eigenvalue weighted by atomic mass is 10.1. The van der Waals surface area contributed by atoms with Crippen molar-refractivity contribution in [3.63, 3.8) is 0 Å². The molecule has 23 heavy (non-hydrogen) atoms. The summed E-state index contributed by atoms with van der Waals surface area (Å²) < 4.78 is 5.88. The van der Waals surface area contributed by atoms with Crippen molar-refractivity contribution in [3.05, 3.63) is 40.0 Å². The molecule has 1 aromatic carbocycles. The number of carbonyl (C=O) groups excluding carboxylic acids is 2. The van der Waals surface area contributed by atoms with Crippen LogP contribution in [0.2, 0.25) is 0 Å². The minimum atomic E-state index is -1.40. The molecular weight excluding hydrogens is 304 g/mol. The van der Waals surface area contributed by atoms with Gasteiger partial charge in [0.1, 0.15) is 5.75 Å². The minimum absolute atomic E-state index is 0.0646. The molecule has 9 heteroatoms. The molecule has 2 aliphatic heterocycles. The number of amides is 4. The maximum absolute atomic E-state index is 12.2. The molecule has 0 aromatic heterocycles. The van der Waals surface area contributed by atoms with Crippen molar-refractivity contribution in [3.8, 4) is 5.75 Å². The fraction of sp³-hybridized carbons (Fsp3) is 0.286. The standard InChI is InChI=1S/C14H14N4O5/c1-15-12(19)16(2)14(17(3)13(15)20)7-6-9-8-10(18(21)22)4-5-11(9)23-14/h4-8H,1-3H3. The molecule has 3 rings (SSSR count). The van der Waals surface area contributed by atoms with E-state index in [0.717, 1.165) is 4.90 Å². The van der Waals surface area contributed by atoms with Gasteiger partial charge in [0.05, 0.1) is 4.92 Å². The van der Waals surface area contributed by atoms with Gasteiger partial charge in [-0.1, -0.05) is 0 Å². The molecule has 1 spiro atoms. The Hall–Kier alpha value is -3.10. The van der Waals surface area contributed by atoms with Crippen molar-refractivity contribution in [2.24, 2.45) is 0 Å². The van der Waals surface area contributed by atoms with Gasteiger partial charge in [0, 0.05) is 44.9 Å². The molecule has 1 fully saturated rings. The van der Waals surface area contributed by atoms with E-state index in [2.05, 4.69) is 0 Å². The Morgan fingerprint density at radius 3 is 2.30 bits per heavy atom. The van der Waals surface area contributed by atoms with Crippen LogP contribution in [0.4, 0.5) is 15.3 Å². The van der Waals surface area contributed by atoms with E-state index in [1.54, 1.807) is 6.08 Å². The van der Waals surface area contributed by atoms with E-state index in [1.807, 2.05) is 0 Å². The van der Waals surface area contributed by atoms with Crippen LogP contribution in [0.15, 0.2) is 24.3 Å². The van der Waals surface area contributed by atoms with E-state index in [0.29, 0.717) is 11.3 Å². The summed E-state index contributed by atoms with van der Waals surface area (Å²) in [4.78, 5) is 38.3. The Balaban J connectivity index is 2.06. The first-order valence-electron chi connectivity index (χ1n) is 6.74. The lowest BCUT2D eigenvalue weighted by Crippen LogP contribution is -2.72. The molecule has 0 N–H and O–H groups in total. The van der Waals surface area contributed by atoms with E-state index in [-0.39, 0.29) is 5.69 Å². The topological polar surface area (TPSA) is 96.2 Å². The van der Waals surface area contributed by atoms with Gasteiger partial charge in [0.15, 0.2) is 0 Å². The van der Waals surface area contributed by atoms with Gasteiger partial charge in [-0.3, -0.25) is 19.9 Å². The van der Waals surface area contributed by atoms with Crippen molar-refractivity contribution in [1.82, 2.24) is 14.7 Å². The fourth-order valence-corrected chi connectivity index (χ4v) is 2.66. The molecule has 0 unspecified atom stereocenters. The Kier molecular flexibility index (Phi) is 3.03. The van der Waals surface area contributed by atoms with Crippen LogP contribution in [0.25, 0.3) is 6.08 Å². The van der Waals surface area contributed by atoms with Crippen LogP contribution in [0.5, 0.6) is 5.75 Å². The highest BCUT2D eigenvalue weighted by molar-refractivity contribution is 5.96. The number of urea groups is 2. The molecule has 0 aliphatic carbocycles. The first kappa shape index (κ1) is 14.8. The quantitative estimate of drug-likeness (QED) is 0.580. The van der Waals surface area contributed by atoms with Gasteiger partial charge in [0.25, 0.3) is 11.5 Å². The predicted octanol–water partition coefficient (Wildman–Crippen LogP) is 1.70. The normalized spacial score (nSPS) is 19.0. The largest absolute Gasteiger partial charge is 0.445 e. The zero-order valence-electron chi connectivity index (χ0n) is 12.7. The minimum Gasteiger partial charge on any atom is -0.445 e. The third kappa shape index (κ3) is 1.93. The molecule has 0 saturated carbocycles. The molecular formula is C14H14N4O5. The molecule has 2 aliphatic rings. The Bertz CT molecular complexity index is 738. The highest BCUT2D eigenvalue weighted by atomic mass is 16.6. The number of fused-ring (bicyclic) bond motifs is 1. The van der Waals surface area contributed by atoms with Crippen LogP contribution in [-0.4, -0.2) is 58.7 Å². The van der Waals surface area contributed by atoms with Crippen molar-refractivity contribution in [2.75, 3.05) is 21.1 Å². The zero-order valence-corrected chi connectivity index (χ0v) is 12.7. The molecule has 120 valence electrons. The monoisotopic (exact) mass is 318 g/mol. The highest BCUT2D eigenvalue weighted by Crippen LogP contribution is 2.38. The summed E-state index contributed by atoms with van der Waals surface area (Å²) in [6, 6.07) is 3.11. The van der Waals surface area contributed by atoms with E-state index in [4.69, 9.17) is 4.74 Å². The lowest BCUT2D eigenvalue weighted by molar-refractivity contribution is -0.384. The molecule has 1 saturated heterocycles. The third-order valence-electron chi connectivity index (χ3n) is 4.05. The smallest absolute Gasteiger partial charge is 0.332 e. The van der Waals surface area contributed by atoms with E-state index in [9.17, 15) is 19.7 Å². The zero-order chi connectivity index (χ0) is 16.9. The van der Waals surface area contributed by atoms with Crippen LogP contribution < -0.4 is 4.74 Å². The number of nitrogens with zero attached hydrogens (tertiary/aromatic N) is 4. The number of hydrogen-bond acceptors (Lipinski definition) is 5. The van der Waals surface area contributed by atoms with Gasteiger partial charge in [-0.15, -0.1) is 0 Å². The maximum atomic E-state index is 12.2. The van der Waals surface area contributed by atoms with E-state index < -0.39 is 22.8 Å². The van der Waals surface area contributed by atoms with Crippen LogP contribution >= 0.6 is 0 Å². The summed E-state index contributed by atoms with van der Waals surface area (Å²) in [7, 11) is 4.42. The fourth-order valence-electron chi connectivity index (χ4n) is 2.66. The highest BCUT2D eigenvalue weighted by Gasteiger charge is 2.52. The summed E-state index contributed by atoms with van der Waals surface area (Å²) in [5, 5.41) is 10.8. The van der Waals surface area contributed by atoms with Crippen molar-refractivity contribution < 1.29 is 19.2 Å². The van der Waals surface area contributed by atoms with Gasteiger partial charge in [-0.25, -0.2) is 14.5 Å². The Morgan fingerprint density at radius 2 is 1.74 bits per heavy atom. The van der Waals surface area contributed by atoms with Gasteiger partial charge in [-0.2, -0.15) is 0 Å². The molecule has 4 amide bonds. The predicted molar refractivity (Wildman–Crippen MR) is 79.6 cm³/mol. The van der Waals surface area contributed by atoms with Crippen LogP contribution in [0, 0.1) is 10.1 Å². The summed E-state index contributed by atoms with van der Waals surface area (Å²) >= 11 is 0. The number of rotatable bonds is 1. The van der Waals surface area contributed by atoms with Crippen molar-refractivity contribution in [1.29, 1.82) is 0 Å². The van der Waals surface area contributed by atoms with Gasteiger partial charge in [0.2, 0.25) is 0 Å². The molecule has 0 bridgehead atoms. The summed E-state index contributed by atoms with van der Waals surface area (Å²) in [5.41, 5.74) is 0.440. The summed E-state index contributed by atoms with van der Waals surface area (Å²) in [6.07, 6.45) is 3.13. The number of nitro groups is 1. The van der Waals surface area contributed by atoms with Crippen LogP contribution in [-0.2, 0) is 0 Å². The molecule has 9 nitrogen and oxygen atoms in total. The number of non-ortho nitro benzene ring substituents is 1. The molecule has 0 radical (unpaired) electrons. The van der Waals surface area contributed by atoms with Gasteiger partial charge in [-0.05, 0) is 12.1 Å². The summed E-state index contributed by atoms with van der Waals surface area (Å²) in [6.45, 7) is 0. The maximum Gasteiger partial charge on any atom is 0.332 e. The Labute approximate surface area is 131 Å². The molecule has 0 atom stereocenters. The average molecular weight is 318 g/mol. The average Bonchev–Trinajstić information content (AvgIpc) is 2.56. The number of imide groups is 1. The number of ether oxygens (including phenoxy) is 1. The number of carbonyl (C=O) groups is 2. The number of hydrogen-bond donors (Lipinski definition) is 0. The van der Waals surface area contributed by atoms with Gasteiger partial charge < -0.3 is 4.74 Å². The second-order valence-corrected chi connectivity index (χ2v) is 5.32. The van der Waals surface area contributed by atoms with E-state index in [1.165, 1.54) is 55.2 Å². The Morgan fingerprint density at radius 1 is 1.13 bits per heavy atom. The van der Waals surface area contributed by atoms with Crippen LogP contribution in [0.1, 0.15) is 5.56 Å². The van der Waals surface area contributed by atoms with E-state index >= 15 is 0 Å². The number of benzene rings is 1. The second kappa shape index (κ2) is 4.70. The van der Waals surface area contributed by atoms with Gasteiger partial charge >= 0.3 is 12.1 Å². The van der Waals surface area contributed by atoms with Crippen molar-refractivity contribution >= 4 is 23.8 Å². The summed E-state index contributed by atoms with van der Waals surface area (Å²) in [5.74, 6) is -1.05. The third-order valence-corrected chi connectivity index (χ3v) is 4.05. The molecule has 2 heterocycles. The van der Waals surface area contributed by atoms with Crippen molar-refractivity contribution in [2.45, 2.75) is 5.85 Å². The van der Waals surface area contributed by atoms with Crippen LogP contribution in [0.3, 0.4) is 0 Å². The first-order valence-corrected chi connectivity index (χ1v) is 6.74.